The Labute approximate surface area is 135 Å². The van der Waals surface area contributed by atoms with Crippen LogP contribution >= 0.6 is 27.3 Å². The largest absolute Gasteiger partial charge is 0.469 e. The predicted octanol–water partition coefficient (Wildman–Crippen LogP) is 3.54. The van der Waals surface area contributed by atoms with Crippen molar-refractivity contribution in [2.75, 3.05) is 7.11 Å². The summed E-state index contributed by atoms with van der Waals surface area (Å²) in [5.74, 6) is -0.592. The average molecular weight is 368 g/mol. The van der Waals surface area contributed by atoms with E-state index in [1.54, 1.807) is 18.2 Å². The SMILES string of the molecule is COC(=O)C[C@@H](NC(=O)c1ccccc1Br)c1cccs1. The number of rotatable bonds is 5. The van der Waals surface area contributed by atoms with Crippen molar-refractivity contribution in [3.05, 3.63) is 56.7 Å². The molecule has 0 aliphatic heterocycles. The molecular weight excluding hydrogens is 354 g/mol. The van der Waals surface area contributed by atoms with Crippen LogP contribution in [0.25, 0.3) is 0 Å². The Bertz CT molecular complexity index is 628. The van der Waals surface area contributed by atoms with Crippen molar-refractivity contribution in [1.82, 2.24) is 5.32 Å². The Morgan fingerprint density at radius 3 is 2.67 bits per heavy atom. The van der Waals surface area contributed by atoms with Gasteiger partial charge in [0.2, 0.25) is 0 Å². The Morgan fingerprint density at radius 1 is 1.29 bits per heavy atom. The van der Waals surface area contributed by atoms with E-state index in [0.29, 0.717) is 10.0 Å². The lowest BCUT2D eigenvalue weighted by atomic mass is 10.1. The highest BCUT2D eigenvalue weighted by atomic mass is 79.9. The molecule has 0 unspecified atom stereocenters. The van der Waals surface area contributed by atoms with E-state index in [2.05, 4.69) is 21.2 Å². The molecule has 2 rings (SSSR count). The molecule has 1 N–H and O–H groups in total. The van der Waals surface area contributed by atoms with Crippen molar-refractivity contribution in [2.45, 2.75) is 12.5 Å². The quantitative estimate of drug-likeness (QED) is 0.822. The molecule has 2 aromatic rings. The summed E-state index contributed by atoms with van der Waals surface area (Å²) in [5.41, 5.74) is 0.531. The van der Waals surface area contributed by atoms with Crippen molar-refractivity contribution in [2.24, 2.45) is 0 Å². The van der Waals surface area contributed by atoms with Gasteiger partial charge in [-0.25, -0.2) is 0 Å². The fourth-order valence-corrected chi connectivity index (χ4v) is 3.09. The van der Waals surface area contributed by atoms with Crippen molar-refractivity contribution in [3.63, 3.8) is 0 Å². The summed E-state index contributed by atoms with van der Waals surface area (Å²) in [7, 11) is 1.34. The molecule has 1 atom stereocenters. The molecule has 6 heteroatoms. The standard InChI is InChI=1S/C15H14BrNO3S/c1-20-14(18)9-12(13-7-4-8-21-13)17-15(19)10-5-2-3-6-11(10)16/h2-8,12H,9H2,1H3,(H,17,19)/t12-/m1/s1. The molecule has 1 heterocycles. The number of ether oxygens (including phenoxy) is 1. The van der Waals surface area contributed by atoms with Crippen LogP contribution in [0.5, 0.6) is 0 Å². The van der Waals surface area contributed by atoms with Gasteiger partial charge in [-0.2, -0.15) is 0 Å². The van der Waals surface area contributed by atoms with Crippen LogP contribution in [-0.4, -0.2) is 19.0 Å². The van der Waals surface area contributed by atoms with Crippen molar-refractivity contribution in [3.8, 4) is 0 Å². The molecule has 21 heavy (non-hydrogen) atoms. The summed E-state index contributed by atoms with van der Waals surface area (Å²) < 4.78 is 5.41. The second-order valence-electron chi connectivity index (χ2n) is 4.30. The van der Waals surface area contributed by atoms with Crippen molar-refractivity contribution in [1.29, 1.82) is 0 Å². The molecule has 1 aromatic carbocycles. The highest BCUT2D eigenvalue weighted by Gasteiger charge is 2.21. The highest BCUT2D eigenvalue weighted by molar-refractivity contribution is 9.10. The maximum absolute atomic E-state index is 12.4. The first-order valence-corrected chi connectivity index (χ1v) is 7.94. The summed E-state index contributed by atoms with van der Waals surface area (Å²) >= 11 is 4.84. The van der Waals surface area contributed by atoms with E-state index in [9.17, 15) is 9.59 Å². The number of carbonyl (C=O) groups is 2. The molecule has 0 aliphatic carbocycles. The summed E-state index contributed by atoms with van der Waals surface area (Å²) in [6.45, 7) is 0. The van der Waals surface area contributed by atoms with Crippen LogP contribution in [0.15, 0.2) is 46.3 Å². The smallest absolute Gasteiger partial charge is 0.307 e. The fourth-order valence-electron chi connectivity index (χ4n) is 1.84. The molecule has 0 fully saturated rings. The topological polar surface area (TPSA) is 55.4 Å². The number of halogens is 1. The molecule has 0 spiro atoms. The van der Waals surface area contributed by atoms with Crippen LogP contribution in [0.2, 0.25) is 0 Å². The van der Waals surface area contributed by atoms with E-state index in [4.69, 9.17) is 4.74 Å². The number of hydrogen-bond donors (Lipinski definition) is 1. The lowest BCUT2D eigenvalue weighted by molar-refractivity contribution is -0.141. The van der Waals surface area contributed by atoms with Gasteiger partial charge in [0.1, 0.15) is 0 Å². The fraction of sp³-hybridized carbons (Fsp3) is 0.200. The van der Waals surface area contributed by atoms with Gasteiger partial charge in [0.05, 0.1) is 25.1 Å². The maximum Gasteiger partial charge on any atom is 0.307 e. The monoisotopic (exact) mass is 367 g/mol. The molecule has 0 aliphatic rings. The minimum Gasteiger partial charge on any atom is -0.469 e. The average Bonchev–Trinajstić information content (AvgIpc) is 3.01. The first-order chi connectivity index (χ1) is 10.1. The van der Waals surface area contributed by atoms with Crippen molar-refractivity contribution >= 4 is 39.1 Å². The normalized spacial score (nSPS) is 11.7. The molecule has 0 bridgehead atoms. The Morgan fingerprint density at radius 2 is 2.05 bits per heavy atom. The molecule has 1 amide bonds. The van der Waals surface area contributed by atoms with Gasteiger partial charge in [-0.3, -0.25) is 9.59 Å². The summed E-state index contributed by atoms with van der Waals surface area (Å²) in [4.78, 5) is 24.8. The maximum atomic E-state index is 12.4. The van der Waals surface area contributed by atoms with Gasteiger partial charge in [-0.15, -0.1) is 11.3 Å². The number of benzene rings is 1. The van der Waals surface area contributed by atoms with Crippen LogP contribution < -0.4 is 5.32 Å². The van der Waals surface area contributed by atoms with E-state index < -0.39 is 6.04 Å². The summed E-state index contributed by atoms with van der Waals surface area (Å²) in [6, 6.07) is 10.5. The molecular formula is C15H14BrNO3S. The predicted molar refractivity (Wildman–Crippen MR) is 85.3 cm³/mol. The Kier molecular flexibility index (Phi) is 5.52. The van der Waals surface area contributed by atoms with E-state index in [0.717, 1.165) is 4.88 Å². The third-order valence-corrected chi connectivity index (χ3v) is 4.59. The number of nitrogens with one attached hydrogen (secondary N) is 1. The van der Waals surface area contributed by atoms with Crippen LogP contribution in [0, 0.1) is 0 Å². The van der Waals surface area contributed by atoms with Gasteiger partial charge in [0, 0.05) is 9.35 Å². The lowest BCUT2D eigenvalue weighted by Gasteiger charge is -2.17. The molecule has 1 aromatic heterocycles. The van der Waals surface area contributed by atoms with Gasteiger partial charge in [-0.05, 0) is 39.5 Å². The van der Waals surface area contributed by atoms with Gasteiger partial charge < -0.3 is 10.1 Å². The van der Waals surface area contributed by atoms with Crippen LogP contribution in [0.3, 0.4) is 0 Å². The number of amides is 1. The highest BCUT2D eigenvalue weighted by Crippen LogP contribution is 2.24. The third kappa shape index (κ3) is 4.15. The van der Waals surface area contributed by atoms with Crippen LogP contribution in [0.4, 0.5) is 0 Å². The number of methoxy groups -OCH3 is 1. The van der Waals surface area contributed by atoms with E-state index in [1.165, 1.54) is 18.4 Å². The van der Waals surface area contributed by atoms with Crippen molar-refractivity contribution < 1.29 is 14.3 Å². The zero-order chi connectivity index (χ0) is 15.2. The second kappa shape index (κ2) is 7.38. The third-order valence-electron chi connectivity index (χ3n) is 2.91. The van der Waals surface area contributed by atoms with E-state index in [1.807, 2.05) is 23.6 Å². The Balaban J connectivity index is 2.17. The zero-order valence-electron chi connectivity index (χ0n) is 11.3. The van der Waals surface area contributed by atoms with Gasteiger partial charge in [-0.1, -0.05) is 18.2 Å². The van der Waals surface area contributed by atoms with Crippen LogP contribution in [0.1, 0.15) is 27.7 Å². The first kappa shape index (κ1) is 15.7. The minimum atomic E-state index is -0.392. The molecule has 0 radical (unpaired) electrons. The minimum absolute atomic E-state index is 0.104. The van der Waals surface area contributed by atoms with Gasteiger partial charge in [0.15, 0.2) is 0 Å². The van der Waals surface area contributed by atoms with Gasteiger partial charge in [0.25, 0.3) is 5.91 Å². The first-order valence-electron chi connectivity index (χ1n) is 6.27. The van der Waals surface area contributed by atoms with Gasteiger partial charge >= 0.3 is 5.97 Å². The van der Waals surface area contributed by atoms with E-state index >= 15 is 0 Å². The molecule has 0 saturated heterocycles. The Hall–Kier alpha value is -1.66. The zero-order valence-corrected chi connectivity index (χ0v) is 13.7. The van der Waals surface area contributed by atoms with E-state index in [-0.39, 0.29) is 18.3 Å². The van der Waals surface area contributed by atoms with Crippen LogP contribution in [-0.2, 0) is 9.53 Å². The second-order valence-corrected chi connectivity index (χ2v) is 6.14. The molecule has 4 nitrogen and oxygen atoms in total. The summed E-state index contributed by atoms with van der Waals surface area (Å²) in [5, 5.41) is 4.79. The summed E-state index contributed by atoms with van der Waals surface area (Å²) in [6.07, 6.45) is 0.104. The molecule has 110 valence electrons. The number of carbonyl (C=O) groups excluding carboxylic acids is 2. The number of hydrogen-bond acceptors (Lipinski definition) is 4. The number of thiophene rings is 1. The molecule has 0 saturated carbocycles. The lowest BCUT2D eigenvalue weighted by Crippen LogP contribution is -2.30. The number of esters is 1.